The summed E-state index contributed by atoms with van der Waals surface area (Å²) in [6.45, 7) is 7.08. The molecule has 2 amide bonds. The minimum atomic E-state index is -1.46. The van der Waals surface area contributed by atoms with E-state index < -0.39 is 77.8 Å². The second-order valence-electron chi connectivity index (χ2n) is 12.3. The van der Waals surface area contributed by atoms with Crippen LogP contribution >= 0.6 is 0 Å². The summed E-state index contributed by atoms with van der Waals surface area (Å²) >= 11 is 0. The molecule has 0 spiro atoms. The number of hydrogen-bond acceptors (Lipinski definition) is 13. The van der Waals surface area contributed by atoms with Crippen LogP contribution < -0.4 is 10.6 Å². The fourth-order valence-electron chi connectivity index (χ4n) is 4.45. The summed E-state index contributed by atoms with van der Waals surface area (Å²) in [5.74, 6) is -5.86. The first kappa shape index (κ1) is 42.9. The van der Waals surface area contributed by atoms with E-state index in [1.165, 1.54) is 40.0 Å². The fraction of sp³-hybridized carbons (Fsp3) is 0.486. The number of carbonyl (C=O) groups excluding carboxylic acids is 7. The molecule has 0 aliphatic heterocycles. The summed E-state index contributed by atoms with van der Waals surface area (Å²) in [4.78, 5) is 89.0. The van der Waals surface area contributed by atoms with Crippen molar-refractivity contribution in [1.82, 2.24) is 10.6 Å². The molecule has 0 aliphatic rings. The average molecular weight is 729 g/mol. The lowest BCUT2D eigenvalue weighted by atomic mass is 9.98. The number of hydrogen-bond donors (Lipinski definition) is 3. The van der Waals surface area contributed by atoms with Crippen LogP contribution in [0.15, 0.2) is 54.6 Å². The Hall–Kier alpha value is -5.31. The lowest BCUT2D eigenvalue weighted by Crippen LogP contribution is -2.48. The maximum absolute atomic E-state index is 13.4. The number of ether oxygens (including phenoxy) is 5. The van der Waals surface area contributed by atoms with Gasteiger partial charge < -0.3 is 39.4 Å². The highest BCUT2D eigenvalue weighted by atomic mass is 16.6. The molecule has 5 unspecified atom stereocenters. The van der Waals surface area contributed by atoms with Crippen molar-refractivity contribution in [3.63, 3.8) is 0 Å². The smallest absolute Gasteiger partial charge is 0.347 e. The van der Waals surface area contributed by atoms with E-state index in [1.807, 2.05) is 6.07 Å². The number of esters is 4. The van der Waals surface area contributed by atoms with Gasteiger partial charge in [-0.3, -0.25) is 19.2 Å². The highest BCUT2D eigenvalue weighted by Gasteiger charge is 2.31. The van der Waals surface area contributed by atoms with Gasteiger partial charge in [-0.05, 0) is 50.5 Å². The Morgan fingerprint density at radius 3 is 1.73 bits per heavy atom. The van der Waals surface area contributed by atoms with Gasteiger partial charge in [-0.25, -0.2) is 14.4 Å². The number of amides is 2. The van der Waals surface area contributed by atoms with Crippen LogP contribution in [0, 0.1) is 5.92 Å². The summed E-state index contributed by atoms with van der Waals surface area (Å²) in [5.41, 5.74) is 1.34. The van der Waals surface area contributed by atoms with E-state index in [2.05, 4.69) is 10.6 Å². The molecule has 15 heteroatoms. The first-order valence-corrected chi connectivity index (χ1v) is 16.8. The van der Waals surface area contributed by atoms with Gasteiger partial charge in [0.2, 0.25) is 5.91 Å². The van der Waals surface area contributed by atoms with Gasteiger partial charge in [0.05, 0.1) is 18.6 Å². The van der Waals surface area contributed by atoms with Gasteiger partial charge in [0, 0.05) is 26.4 Å². The van der Waals surface area contributed by atoms with Crippen molar-refractivity contribution < 1.29 is 62.4 Å². The van der Waals surface area contributed by atoms with Gasteiger partial charge in [0.1, 0.15) is 18.4 Å². The Balaban J connectivity index is 2.07. The Morgan fingerprint density at radius 2 is 1.15 bits per heavy atom. The van der Waals surface area contributed by atoms with Crippen LogP contribution in [0.25, 0.3) is 0 Å². The molecular formula is C37H48N2O13. The third-order valence-electron chi connectivity index (χ3n) is 7.50. The minimum Gasteiger partial charge on any atom is -0.508 e. The molecule has 0 aromatic heterocycles. The van der Waals surface area contributed by atoms with Crippen LogP contribution in [0.2, 0.25) is 0 Å². The van der Waals surface area contributed by atoms with E-state index in [0.29, 0.717) is 5.56 Å². The first-order valence-electron chi connectivity index (χ1n) is 16.8. The average Bonchev–Trinajstić information content (AvgIpc) is 3.11. The number of phenolic OH excluding ortho intramolecular Hbond substituents is 1. The molecule has 2 aromatic rings. The van der Waals surface area contributed by atoms with Crippen molar-refractivity contribution in [2.75, 3.05) is 20.3 Å². The third kappa shape index (κ3) is 15.3. The highest BCUT2D eigenvalue weighted by molar-refractivity contribution is 5.94. The molecule has 0 fully saturated rings. The van der Waals surface area contributed by atoms with E-state index in [9.17, 15) is 38.7 Å². The normalized spacial score (nSPS) is 13.8. The Morgan fingerprint density at radius 1 is 0.615 bits per heavy atom. The van der Waals surface area contributed by atoms with Crippen LogP contribution in [0.1, 0.15) is 58.6 Å². The maximum atomic E-state index is 13.4. The van der Waals surface area contributed by atoms with E-state index in [4.69, 9.17) is 23.7 Å². The topological polar surface area (TPSA) is 210 Å². The van der Waals surface area contributed by atoms with Gasteiger partial charge in [-0.2, -0.15) is 0 Å². The molecular weight excluding hydrogens is 680 g/mol. The SMILES string of the molecule is COCCOC(=O)C(Cc1ccccc1)NC(=O)CCC(=O)C(Cc1ccc(O)cc1)NC(=O)C(C)OC(=O)C(C)OC(=O)C(C)OC(=O)C(C)C. The molecule has 2 rings (SSSR count). The van der Waals surface area contributed by atoms with Crippen molar-refractivity contribution >= 4 is 41.5 Å². The summed E-state index contributed by atoms with van der Waals surface area (Å²) in [7, 11) is 1.46. The summed E-state index contributed by atoms with van der Waals surface area (Å²) < 4.78 is 25.3. The van der Waals surface area contributed by atoms with Gasteiger partial charge in [0.15, 0.2) is 24.1 Å². The second kappa shape index (κ2) is 21.8. The molecule has 0 heterocycles. The second-order valence-corrected chi connectivity index (χ2v) is 12.3. The Kier molecular flexibility index (Phi) is 18.0. The van der Waals surface area contributed by atoms with Crippen molar-refractivity contribution in [2.45, 2.75) is 90.7 Å². The number of rotatable bonds is 21. The van der Waals surface area contributed by atoms with Crippen LogP contribution in [0.5, 0.6) is 5.75 Å². The molecule has 0 bridgehead atoms. The summed E-state index contributed by atoms with van der Waals surface area (Å²) in [6, 6.07) is 12.7. The number of phenols is 1. The lowest BCUT2D eigenvalue weighted by molar-refractivity contribution is -0.180. The number of methoxy groups -OCH3 is 1. The maximum Gasteiger partial charge on any atom is 0.347 e. The van der Waals surface area contributed by atoms with Crippen molar-refractivity contribution in [3.8, 4) is 5.75 Å². The van der Waals surface area contributed by atoms with E-state index in [-0.39, 0.29) is 44.6 Å². The van der Waals surface area contributed by atoms with Crippen LogP contribution in [-0.2, 0) is 70.1 Å². The fourth-order valence-corrected chi connectivity index (χ4v) is 4.45. The molecule has 2 aromatic carbocycles. The number of carbonyl (C=O) groups is 7. The number of nitrogens with one attached hydrogen (secondary N) is 2. The van der Waals surface area contributed by atoms with Gasteiger partial charge in [-0.15, -0.1) is 0 Å². The molecule has 15 nitrogen and oxygen atoms in total. The van der Waals surface area contributed by atoms with E-state index >= 15 is 0 Å². The van der Waals surface area contributed by atoms with Crippen LogP contribution in [-0.4, -0.2) is 97.3 Å². The Labute approximate surface area is 302 Å². The zero-order chi connectivity index (χ0) is 38.8. The van der Waals surface area contributed by atoms with Crippen molar-refractivity contribution in [3.05, 3.63) is 65.7 Å². The lowest BCUT2D eigenvalue weighted by Gasteiger charge is -2.22. The monoisotopic (exact) mass is 728 g/mol. The molecule has 5 atom stereocenters. The number of ketones is 1. The predicted molar refractivity (Wildman–Crippen MR) is 184 cm³/mol. The van der Waals surface area contributed by atoms with E-state index in [0.717, 1.165) is 5.56 Å². The zero-order valence-electron chi connectivity index (χ0n) is 30.2. The molecule has 52 heavy (non-hydrogen) atoms. The number of aromatic hydroxyl groups is 1. The molecule has 0 radical (unpaired) electrons. The molecule has 0 saturated carbocycles. The third-order valence-corrected chi connectivity index (χ3v) is 7.50. The highest BCUT2D eigenvalue weighted by Crippen LogP contribution is 2.14. The molecule has 0 saturated heterocycles. The van der Waals surface area contributed by atoms with Gasteiger partial charge in [0.25, 0.3) is 5.91 Å². The molecule has 284 valence electrons. The zero-order valence-corrected chi connectivity index (χ0v) is 30.2. The van der Waals surface area contributed by atoms with Gasteiger partial charge in [-0.1, -0.05) is 56.3 Å². The summed E-state index contributed by atoms with van der Waals surface area (Å²) in [5, 5.41) is 14.9. The summed E-state index contributed by atoms with van der Waals surface area (Å²) in [6.07, 6.45) is -4.72. The minimum absolute atomic E-state index is 0.0130. The quantitative estimate of drug-likeness (QED) is 0.0957. The van der Waals surface area contributed by atoms with Crippen molar-refractivity contribution in [1.29, 1.82) is 0 Å². The molecule has 3 N–H and O–H groups in total. The molecule has 0 aliphatic carbocycles. The Bertz CT molecular complexity index is 1510. The van der Waals surface area contributed by atoms with Crippen LogP contribution in [0.3, 0.4) is 0 Å². The first-order chi connectivity index (χ1) is 24.6. The standard InChI is InChI=1S/C37H48N2O13/c1-22(2)34(44)51-24(4)36(46)52-25(5)35(45)50-23(3)33(43)39-29(20-27-12-14-28(40)15-13-27)31(41)16-17-32(42)38-30(37(47)49-19-18-48-6)21-26-10-8-7-9-11-26/h7-15,22-25,29-30,40H,16-21H2,1-6H3,(H,38,42)(H,39,43). The van der Waals surface area contributed by atoms with Gasteiger partial charge >= 0.3 is 23.9 Å². The van der Waals surface area contributed by atoms with Crippen LogP contribution in [0.4, 0.5) is 0 Å². The number of benzene rings is 2. The van der Waals surface area contributed by atoms with E-state index in [1.54, 1.807) is 50.2 Å². The largest absolute Gasteiger partial charge is 0.508 e. The van der Waals surface area contributed by atoms with Crippen molar-refractivity contribution in [2.24, 2.45) is 5.92 Å². The predicted octanol–water partition coefficient (Wildman–Crippen LogP) is 2.14. The number of Topliss-reactive ketones (excluding diaryl/α,β-unsaturated/α-hetero) is 1.